The summed E-state index contributed by atoms with van der Waals surface area (Å²) in [6.07, 6.45) is 3.22. The van der Waals surface area contributed by atoms with Gasteiger partial charge in [0.1, 0.15) is 0 Å². The topological polar surface area (TPSA) is 41.6 Å². The molecule has 0 aliphatic carbocycles. The van der Waals surface area contributed by atoms with Gasteiger partial charge >= 0.3 is 0 Å². The number of amides is 1. The van der Waals surface area contributed by atoms with Crippen LogP contribution in [0.25, 0.3) is 0 Å². The third-order valence-corrected chi connectivity index (χ3v) is 3.55. The highest BCUT2D eigenvalue weighted by Crippen LogP contribution is 2.16. The van der Waals surface area contributed by atoms with Crippen LogP contribution in [0.15, 0.2) is 0 Å². The minimum atomic E-state index is 0.0715. The molecule has 0 aromatic rings. The molecule has 0 bridgehead atoms. The average molecular weight is 226 g/mol. The first-order chi connectivity index (χ1) is 7.81. The van der Waals surface area contributed by atoms with Crippen molar-refractivity contribution in [3.05, 3.63) is 0 Å². The molecule has 2 heterocycles. The molecule has 0 spiro atoms. The van der Waals surface area contributed by atoms with Crippen LogP contribution >= 0.6 is 0 Å². The largest absolute Gasteiger partial charge is 0.381 e. The summed E-state index contributed by atoms with van der Waals surface area (Å²) >= 11 is 0. The molecule has 16 heavy (non-hydrogen) atoms. The van der Waals surface area contributed by atoms with Crippen LogP contribution in [0, 0.1) is 5.92 Å². The van der Waals surface area contributed by atoms with Crippen LogP contribution in [0.4, 0.5) is 0 Å². The monoisotopic (exact) mass is 226 g/mol. The maximum absolute atomic E-state index is 12.2. The van der Waals surface area contributed by atoms with Gasteiger partial charge in [0.15, 0.2) is 0 Å². The van der Waals surface area contributed by atoms with Gasteiger partial charge in [0.2, 0.25) is 5.91 Å². The fourth-order valence-corrected chi connectivity index (χ4v) is 2.53. The molecule has 1 unspecified atom stereocenters. The van der Waals surface area contributed by atoms with Gasteiger partial charge in [-0.1, -0.05) is 0 Å². The van der Waals surface area contributed by atoms with E-state index in [2.05, 4.69) is 12.2 Å². The summed E-state index contributed by atoms with van der Waals surface area (Å²) in [5.41, 5.74) is 0. The highest BCUT2D eigenvalue weighted by atomic mass is 16.5. The minimum absolute atomic E-state index is 0.0715. The van der Waals surface area contributed by atoms with E-state index in [-0.39, 0.29) is 11.9 Å². The molecule has 1 N–H and O–H groups in total. The third kappa shape index (κ3) is 2.74. The molecule has 2 saturated heterocycles. The van der Waals surface area contributed by atoms with E-state index in [1.807, 2.05) is 4.90 Å². The Kier molecular flexibility index (Phi) is 4.18. The lowest BCUT2D eigenvalue weighted by atomic mass is 10.1. The van der Waals surface area contributed by atoms with E-state index in [9.17, 15) is 4.79 Å². The zero-order valence-electron chi connectivity index (χ0n) is 10.1. The van der Waals surface area contributed by atoms with Crippen molar-refractivity contribution in [3.63, 3.8) is 0 Å². The Balaban J connectivity index is 1.84. The van der Waals surface area contributed by atoms with Crippen LogP contribution in [0.2, 0.25) is 0 Å². The van der Waals surface area contributed by atoms with E-state index in [4.69, 9.17) is 4.74 Å². The van der Waals surface area contributed by atoms with E-state index in [1.165, 1.54) is 0 Å². The predicted molar refractivity (Wildman–Crippen MR) is 62.2 cm³/mol. The van der Waals surface area contributed by atoms with Gasteiger partial charge in [0.25, 0.3) is 0 Å². The Bertz CT molecular complexity index is 233. The maximum Gasteiger partial charge on any atom is 0.239 e. The second kappa shape index (κ2) is 5.64. The highest BCUT2D eigenvalue weighted by molar-refractivity contribution is 5.82. The van der Waals surface area contributed by atoms with Crippen LogP contribution in [-0.2, 0) is 9.53 Å². The molecule has 2 aliphatic rings. The lowest BCUT2D eigenvalue weighted by Gasteiger charge is -2.26. The molecule has 2 atom stereocenters. The number of carbonyl (C=O) groups excluding carboxylic acids is 1. The quantitative estimate of drug-likeness (QED) is 0.764. The van der Waals surface area contributed by atoms with Crippen molar-refractivity contribution in [2.75, 3.05) is 32.8 Å². The molecule has 2 fully saturated rings. The minimum Gasteiger partial charge on any atom is -0.381 e. The first-order valence-corrected chi connectivity index (χ1v) is 6.41. The Morgan fingerprint density at radius 2 is 2.38 bits per heavy atom. The van der Waals surface area contributed by atoms with Crippen molar-refractivity contribution in [1.29, 1.82) is 0 Å². The SMILES string of the molecule is CCN(CC1CCOC1)C(=O)[C@@H]1CCCN1. The molecule has 0 saturated carbocycles. The summed E-state index contributed by atoms with van der Waals surface area (Å²) in [6.45, 7) is 6.41. The molecule has 2 rings (SSSR count). The van der Waals surface area contributed by atoms with Gasteiger partial charge in [-0.2, -0.15) is 0 Å². The molecule has 2 aliphatic heterocycles. The van der Waals surface area contributed by atoms with Gasteiger partial charge in [0, 0.05) is 25.6 Å². The molecule has 4 heteroatoms. The first kappa shape index (κ1) is 11.9. The van der Waals surface area contributed by atoms with Gasteiger partial charge in [0.05, 0.1) is 12.6 Å². The molecular formula is C12H22N2O2. The van der Waals surface area contributed by atoms with Crippen LogP contribution in [0.3, 0.4) is 0 Å². The Labute approximate surface area is 97.3 Å². The molecule has 92 valence electrons. The standard InChI is InChI=1S/C12H22N2O2/c1-2-14(8-10-5-7-16-9-10)12(15)11-4-3-6-13-11/h10-11,13H,2-9H2,1H3/t10?,11-/m0/s1. The summed E-state index contributed by atoms with van der Waals surface area (Å²) in [6, 6.07) is 0.0715. The number of hydrogen-bond acceptors (Lipinski definition) is 3. The van der Waals surface area contributed by atoms with E-state index in [0.717, 1.165) is 52.1 Å². The molecule has 0 aromatic heterocycles. The third-order valence-electron chi connectivity index (χ3n) is 3.55. The summed E-state index contributed by atoms with van der Waals surface area (Å²) in [7, 11) is 0. The van der Waals surface area contributed by atoms with E-state index >= 15 is 0 Å². The zero-order chi connectivity index (χ0) is 11.4. The predicted octanol–water partition coefficient (Wildman–Crippen LogP) is 0.623. The number of carbonyl (C=O) groups is 1. The number of rotatable bonds is 4. The van der Waals surface area contributed by atoms with Crippen molar-refractivity contribution in [1.82, 2.24) is 10.2 Å². The van der Waals surface area contributed by atoms with Crippen LogP contribution in [-0.4, -0.2) is 49.7 Å². The van der Waals surface area contributed by atoms with Crippen molar-refractivity contribution in [2.45, 2.75) is 32.2 Å². The number of ether oxygens (including phenoxy) is 1. The van der Waals surface area contributed by atoms with Crippen molar-refractivity contribution in [2.24, 2.45) is 5.92 Å². The van der Waals surface area contributed by atoms with E-state index in [1.54, 1.807) is 0 Å². The Morgan fingerprint density at radius 1 is 1.50 bits per heavy atom. The van der Waals surface area contributed by atoms with Crippen molar-refractivity contribution in [3.8, 4) is 0 Å². The Hall–Kier alpha value is -0.610. The number of nitrogens with zero attached hydrogens (tertiary/aromatic N) is 1. The lowest BCUT2D eigenvalue weighted by molar-refractivity contribution is -0.133. The highest BCUT2D eigenvalue weighted by Gasteiger charge is 2.28. The van der Waals surface area contributed by atoms with Gasteiger partial charge in [-0.25, -0.2) is 0 Å². The molecule has 1 amide bonds. The van der Waals surface area contributed by atoms with Crippen LogP contribution in [0.5, 0.6) is 0 Å². The van der Waals surface area contributed by atoms with Gasteiger partial charge < -0.3 is 15.0 Å². The molecule has 4 nitrogen and oxygen atoms in total. The fourth-order valence-electron chi connectivity index (χ4n) is 2.53. The van der Waals surface area contributed by atoms with Gasteiger partial charge in [-0.3, -0.25) is 4.79 Å². The maximum atomic E-state index is 12.2. The van der Waals surface area contributed by atoms with E-state index < -0.39 is 0 Å². The van der Waals surface area contributed by atoms with Crippen LogP contribution in [0.1, 0.15) is 26.2 Å². The lowest BCUT2D eigenvalue weighted by Crippen LogP contribution is -2.45. The average Bonchev–Trinajstić information content (AvgIpc) is 2.97. The number of likely N-dealkylation sites (N-methyl/N-ethyl adjacent to an activating group) is 1. The fraction of sp³-hybridized carbons (Fsp3) is 0.917. The molecule has 0 radical (unpaired) electrons. The normalized spacial score (nSPS) is 29.6. The smallest absolute Gasteiger partial charge is 0.239 e. The molecular weight excluding hydrogens is 204 g/mol. The second-order valence-corrected chi connectivity index (χ2v) is 4.76. The Morgan fingerprint density at radius 3 is 2.94 bits per heavy atom. The molecule has 0 aromatic carbocycles. The summed E-state index contributed by atoms with van der Waals surface area (Å²) < 4.78 is 5.35. The van der Waals surface area contributed by atoms with Crippen molar-refractivity contribution >= 4 is 5.91 Å². The van der Waals surface area contributed by atoms with E-state index in [0.29, 0.717) is 5.92 Å². The number of hydrogen-bond donors (Lipinski definition) is 1. The zero-order valence-corrected chi connectivity index (χ0v) is 10.1. The van der Waals surface area contributed by atoms with Gasteiger partial charge in [-0.05, 0) is 32.7 Å². The second-order valence-electron chi connectivity index (χ2n) is 4.76. The summed E-state index contributed by atoms with van der Waals surface area (Å²) in [5.74, 6) is 0.831. The summed E-state index contributed by atoms with van der Waals surface area (Å²) in [4.78, 5) is 14.2. The summed E-state index contributed by atoms with van der Waals surface area (Å²) in [5, 5.41) is 3.27. The van der Waals surface area contributed by atoms with Gasteiger partial charge in [-0.15, -0.1) is 0 Å². The van der Waals surface area contributed by atoms with Crippen molar-refractivity contribution < 1.29 is 9.53 Å². The van der Waals surface area contributed by atoms with Crippen LogP contribution < -0.4 is 5.32 Å². The number of nitrogens with one attached hydrogen (secondary N) is 1. The first-order valence-electron chi connectivity index (χ1n) is 6.41.